The molecule has 7 rings (SSSR count). The highest BCUT2D eigenvalue weighted by atomic mass is 16.7. The highest BCUT2D eigenvalue weighted by molar-refractivity contribution is 5.99. The summed E-state index contributed by atoms with van der Waals surface area (Å²) >= 11 is 0. The number of fused-ring (bicyclic) bond motifs is 2. The van der Waals surface area contributed by atoms with Gasteiger partial charge in [-0.25, -0.2) is 4.79 Å². The average Bonchev–Trinajstić information content (AvgIpc) is 3.66. The van der Waals surface area contributed by atoms with E-state index in [1.54, 1.807) is 13.2 Å². The van der Waals surface area contributed by atoms with Gasteiger partial charge in [0.2, 0.25) is 12.5 Å². The summed E-state index contributed by atoms with van der Waals surface area (Å²) in [6.45, 7) is 0.187. The van der Waals surface area contributed by atoms with E-state index in [0.717, 1.165) is 11.4 Å². The van der Waals surface area contributed by atoms with E-state index in [-0.39, 0.29) is 20.0 Å². The van der Waals surface area contributed by atoms with Gasteiger partial charge in [-0.15, -0.1) is 0 Å². The van der Waals surface area contributed by atoms with Crippen molar-refractivity contribution in [3.05, 3.63) is 89.6 Å². The van der Waals surface area contributed by atoms with Crippen molar-refractivity contribution >= 4 is 23.3 Å². The first-order valence-electron chi connectivity index (χ1n) is 12.3. The molecule has 0 bridgehead atoms. The summed E-state index contributed by atoms with van der Waals surface area (Å²) < 4.78 is 28.3. The number of anilines is 2. The molecule has 4 aliphatic heterocycles. The maximum absolute atomic E-state index is 13.7. The van der Waals surface area contributed by atoms with Crippen LogP contribution in [0.15, 0.2) is 84.1 Å². The normalized spacial score (nSPS) is 25.0. The number of esters is 2. The number of benzene rings is 3. The van der Waals surface area contributed by atoms with Gasteiger partial charge < -0.3 is 33.9 Å². The van der Waals surface area contributed by atoms with Crippen molar-refractivity contribution in [2.75, 3.05) is 37.3 Å². The summed E-state index contributed by atoms with van der Waals surface area (Å²) in [5, 5.41) is 3.64. The molecule has 3 atom stereocenters. The third kappa shape index (κ3) is 3.17. The number of carbonyl (C=O) groups is 2. The monoisotopic (exact) mass is 512 g/mol. The van der Waals surface area contributed by atoms with Crippen molar-refractivity contribution in [2.45, 2.75) is 11.6 Å². The van der Waals surface area contributed by atoms with E-state index in [0.29, 0.717) is 34.1 Å². The number of para-hydroxylation sites is 2. The minimum atomic E-state index is -1.05. The van der Waals surface area contributed by atoms with Crippen LogP contribution >= 0.6 is 0 Å². The van der Waals surface area contributed by atoms with Gasteiger partial charge in [-0.3, -0.25) is 4.79 Å². The second-order valence-electron chi connectivity index (χ2n) is 9.54. The van der Waals surface area contributed by atoms with Crippen LogP contribution in [0.25, 0.3) is 0 Å². The molecule has 9 nitrogen and oxygen atoms in total. The number of ether oxygens (including phenoxy) is 5. The molecule has 1 N–H and O–H groups in total. The Balaban J connectivity index is 1.50. The Morgan fingerprint density at radius 1 is 0.947 bits per heavy atom. The van der Waals surface area contributed by atoms with Crippen molar-refractivity contribution in [1.82, 2.24) is 0 Å². The van der Waals surface area contributed by atoms with E-state index in [4.69, 9.17) is 23.7 Å². The Kier molecular flexibility index (Phi) is 5.01. The second kappa shape index (κ2) is 8.44. The third-order valence-corrected chi connectivity index (χ3v) is 7.58. The van der Waals surface area contributed by atoms with Crippen LogP contribution in [0.3, 0.4) is 0 Å². The smallest absolute Gasteiger partial charge is 0.336 e. The number of methoxy groups -OCH3 is 1. The van der Waals surface area contributed by atoms with Crippen LogP contribution in [0.5, 0.6) is 17.2 Å². The summed E-state index contributed by atoms with van der Waals surface area (Å²) in [5.41, 5.74) is 2.35. The zero-order chi connectivity index (χ0) is 25.9. The van der Waals surface area contributed by atoms with Crippen LogP contribution in [0.2, 0.25) is 0 Å². The zero-order valence-electron chi connectivity index (χ0n) is 20.5. The fourth-order valence-electron chi connectivity index (χ4n) is 6.07. The Labute approximate surface area is 218 Å². The molecule has 0 amide bonds. The van der Waals surface area contributed by atoms with Crippen LogP contribution in [0.4, 0.5) is 11.4 Å². The number of carbonyl (C=O) groups excluding carboxylic acids is 2. The quantitative estimate of drug-likeness (QED) is 0.512. The largest absolute Gasteiger partial charge is 0.493 e. The van der Waals surface area contributed by atoms with Gasteiger partial charge in [0.15, 0.2) is 17.2 Å². The topological polar surface area (TPSA) is 95.6 Å². The molecule has 38 heavy (non-hydrogen) atoms. The highest BCUT2D eigenvalue weighted by Crippen LogP contribution is 2.56. The second-order valence-corrected chi connectivity index (χ2v) is 9.54. The Bertz CT molecular complexity index is 1470. The van der Waals surface area contributed by atoms with Crippen LogP contribution in [0, 0.1) is 5.92 Å². The molecule has 4 aliphatic rings. The Morgan fingerprint density at radius 3 is 2.47 bits per heavy atom. The summed E-state index contributed by atoms with van der Waals surface area (Å²) in [6, 6.07) is 22.9. The van der Waals surface area contributed by atoms with E-state index in [1.807, 2.05) is 71.6 Å². The van der Waals surface area contributed by atoms with Crippen molar-refractivity contribution < 1.29 is 33.3 Å². The molecule has 3 aromatic rings. The van der Waals surface area contributed by atoms with E-state index < -0.39 is 29.4 Å². The summed E-state index contributed by atoms with van der Waals surface area (Å²) in [6.07, 6.45) is 0. The number of nitrogens with zero attached hydrogens (tertiary/aromatic N) is 1. The molecule has 1 saturated heterocycles. The molecule has 0 aromatic heterocycles. The standard InChI is InChI=1S/C29H24N2O7/c1-34-21-12-17(13-22-26(21)38-16-37-22)23-24-20(14-35-27(24)32)31(19-10-6-3-7-11-19)29(15-36-28(33)25(23)29)30-18-8-4-2-5-9-18/h2-13,23,25,30H,14-16H2,1H3/t23-,25-,29-/m1/s1. The van der Waals surface area contributed by atoms with Crippen LogP contribution in [-0.4, -0.2) is 44.7 Å². The molecule has 0 unspecified atom stereocenters. The van der Waals surface area contributed by atoms with Gasteiger partial charge in [0.25, 0.3) is 0 Å². The fraction of sp³-hybridized carbons (Fsp3) is 0.241. The van der Waals surface area contributed by atoms with Crippen molar-refractivity contribution in [1.29, 1.82) is 0 Å². The van der Waals surface area contributed by atoms with Gasteiger partial charge >= 0.3 is 11.9 Å². The predicted octanol–water partition coefficient (Wildman–Crippen LogP) is 3.82. The first-order chi connectivity index (χ1) is 18.6. The summed E-state index contributed by atoms with van der Waals surface area (Å²) in [5.74, 6) is -0.929. The van der Waals surface area contributed by atoms with E-state index in [1.165, 1.54) is 0 Å². The predicted molar refractivity (Wildman–Crippen MR) is 136 cm³/mol. The number of hydrogen-bond donors (Lipinski definition) is 1. The molecule has 9 heteroatoms. The molecule has 0 aliphatic carbocycles. The molecular weight excluding hydrogens is 488 g/mol. The Hall–Kier alpha value is -4.66. The molecule has 0 spiro atoms. The molecule has 0 saturated carbocycles. The number of rotatable bonds is 5. The Morgan fingerprint density at radius 2 is 1.71 bits per heavy atom. The average molecular weight is 513 g/mol. The third-order valence-electron chi connectivity index (χ3n) is 7.58. The van der Waals surface area contributed by atoms with Gasteiger partial charge in [-0.1, -0.05) is 36.4 Å². The minimum Gasteiger partial charge on any atom is -0.493 e. The summed E-state index contributed by atoms with van der Waals surface area (Å²) in [7, 11) is 1.54. The van der Waals surface area contributed by atoms with Crippen LogP contribution in [-0.2, 0) is 19.1 Å². The van der Waals surface area contributed by atoms with Crippen molar-refractivity contribution in [2.24, 2.45) is 5.92 Å². The molecule has 3 aromatic carbocycles. The lowest BCUT2D eigenvalue weighted by Crippen LogP contribution is -2.64. The lowest BCUT2D eigenvalue weighted by molar-refractivity contribution is -0.141. The fourth-order valence-corrected chi connectivity index (χ4v) is 6.07. The van der Waals surface area contributed by atoms with Gasteiger partial charge in [0.1, 0.15) is 19.1 Å². The maximum atomic E-state index is 13.7. The zero-order valence-corrected chi connectivity index (χ0v) is 20.5. The first-order valence-corrected chi connectivity index (χ1v) is 12.3. The van der Waals surface area contributed by atoms with Gasteiger partial charge in [-0.2, -0.15) is 0 Å². The van der Waals surface area contributed by atoms with Gasteiger partial charge in [0.05, 0.1) is 18.4 Å². The van der Waals surface area contributed by atoms with Crippen LogP contribution in [0.1, 0.15) is 11.5 Å². The van der Waals surface area contributed by atoms with E-state index in [2.05, 4.69) is 5.32 Å². The SMILES string of the molecule is COc1cc([C@@H]2C3=C(COC3=O)N(c3ccccc3)[C@]3(Nc4ccccc4)COC(=O)[C@@H]23)cc2c1OCO2. The van der Waals surface area contributed by atoms with Gasteiger partial charge in [0, 0.05) is 17.3 Å². The molecular formula is C29H24N2O7. The lowest BCUT2D eigenvalue weighted by atomic mass is 9.70. The highest BCUT2D eigenvalue weighted by Gasteiger charge is 2.65. The number of nitrogens with one attached hydrogen (secondary N) is 1. The van der Waals surface area contributed by atoms with E-state index >= 15 is 0 Å². The maximum Gasteiger partial charge on any atom is 0.336 e. The molecule has 0 radical (unpaired) electrons. The first kappa shape index (κ1) is 22.5. The van der Waals surface area contributed by atoms with Gasteiger partial charge in [-0.05, 0) is 42.0 Å². The minimum absolute atomic E-state index is 0.0581. The lowest BCUT2D eigenvalue weighted by Gasteiger charge is -2.50. The number of cyclic esters (lactones) is 2. The summed E-state index contributed by atoms with van der Waals surface area (Å²) in [4.78, 5) is 29.1. The van der Waals surface area contributed by atoms with Crippen LogP contribution < -0.4 is 24.4 Å². The molecule has 1 fully saturated rings. The van der Waals surface area contributed by atoms with Crippen molar-refractivity contribution in [3.8, 4) is 17.2 Å². The molecule has 192 valence electrons. The van der Waals surface area contributed by atoms with Crippen molar-refractivity contribution in [3.63, 3.8) is 0 Å². The number of hydrogen-bond acceptors (Lipinski definition) is 9. The van der Waals surface area contributed by atoms with E-state index in [9.17, 15) is 9.59 Å². The molecule has 4 heterocycles.